The number of phenols is 1. The summed E-state index contributed by atoms with van der Waals surface area (Å²) < 4.78 is 0. The molecule has 1 aliphatic carbocycles. The van der Waals surface area contributed by atoms with Crippen LogP contribution in [0.1, 0.15) is 30.0 Å². The first-order chi connectivity index (χ1) is 7.24. The molecule has 1 unspecified atom stereocenters. The van der Waals surface area contributed by atoms with Gasteiger partial charge in [-0.15, -0.1) is 0 Å². The van der Waals surface area contributed by atoms with Gasteiger partial charge in [0.05, 0.1) is 0 Å². The van der Waals surface area contributed by atoms with Gasteiger partial charge in [0.25, 0.3) is 0 Å². The second kappa shape index (κ2) is 3.22. The van der Waals surface area contributed by atoms with E-state index in [9.17, 15) is 5.11 Å². The zero-order valence-corrected chi connectivity index (χ0v) is 8.69. The lowest BCUT2D eigenvalue weighted by molar-refractivity contribution is 0.221. The molecule has 0 bridgehead atoms. The van der Waals surface area contributed by atoms with Gasteiger partial charge >= 0.3 is 0 Å². The molecule has 3 rings (SSSR count). The van der Waals surface area contributed by atoms with Crippen molar-refractivity contribution in [2.24, 2.45) is 5.73 Å². The summed E-state index contributed by atoms with van der Waals surface area (Å²) in [5.41, 5.74) is 8.52. The molecule has 0 amide bonds. The first-order valence-electron chi connectivity index (χ1n) is 5.55. The second-order valence-electron chi connectivity index (χ2n) is 4.65. The van der Waals surface area contributed by atoms with Gasteiger partial charge in [0.2, 0.25) is 0 Å². The van der Waals surface area contributed by atoms with E-state index in [4.69, 9.17) is 5.73 Å². The quantitative estimate of drug-likeness (QED) is 0.726. The molecule has 1 saturated carbocycles. The van der Waals surface area contributed by atoms with E-state index in [2.05, 4.69) is 4.90 Å². The average Bonchev–Trinajstić information content (AvgIpc) is 2.99. The van der Waals surface area contributed by atoms with E-state index >= 15 is 0 Å². The molecule has 1 atom stereocenters. The number of benzene rings is 1. The Bertz CT molecular complexity index is 387. The highest BCUT2D eigenvalue weighted by Gasteiger charge is 2.33. The first-order valence-corrected chi connectivity index (χ1v) is 5.55. The third-order valence-electron chi connectivity index (χ3n) is 3.39. The Morgan fingerprint density at radius 3 is 2.87 bits per heavy atom. The van der Waals surface area contributed by atoms with Crippen molar-refractivity contribution in [1.82, 2.24) is 4.90 Å². The van der Waals surface area contributed by atoms with Crippen LogP contribution < -0.4 is 5.73 Å². The van der Waals surface area contributed by atoms with Gasteiger partial charge in [-0.3, -0.25) is 4.90 Å². The van der Waals surface area contributed by atoms with Crippen molar-refractivity contribution >= 4 is 0 Å². The van der Waals surface area contributed by atoms with Crippen molar-refractivity contribution in [3.05, 3.63) is 29.3 Å². The number of phenolic OH excluding ortho intramolecular Hbond substituents is 1. The van der Waals surface area contributed by atoms with Crippen molar-refractivity contribution in [2.75, 3.05) is 6.54 Å². The molecule has 0 aromatic heterocycles. The summed E-state index contributed by atoms with van der Waals surface area (Å²) in [5, 5.41) is 9.46. The van der Waals surface area contributed by atoms with Gasteiger partial charge in [0.1, 0.15) is 5.75 Å². The zero-order valence-electron chi connectivity index (χ0n) is 8.69. The van der Waals surface area contributed by atoms with Gasteiger partial charge in [-0.05, 0) is 36.1 Å². The fourth-order valence-corrected chi connectivity index (χ4v) is 2.44. The maximum atomic E-state index is 9.46. The Balaban J connectivity index is 1.93. The van der Waals surface area contributed by atoms with E-state index < -0.39 is 0 Å². The molecule has 1 aliphatic heterocycles. The Morgan fingerprint density at radius 1 is 1.33 bits per heavy atom. The van der Waals surface area contributed by atoms with Crippen LogP contribution in [0.15, 0.2) is 18.2 Å². The number of nitrogens with two attached hydrogens (primary N) is 1. The second-order valence-corrected chi connectivity index (χ2v) is 4.65. The Morgan fingerprint density at radius 2 is 2.13 bits per heavy atom. The molecule has 15 heavy (non-hydrogen) atoms. The summed E-state index contributed by atoms with van der Waals surface area (Å²) >= 11 is 0. The zero-order chi connectivity index (χ0) is 10.4. The largest absolute Gasteiger partial charge is 0.508 e. The maximum absolute atomic E-state index is 9.46. The fourth-order valence-electron chi connectivity index (χ4n) is 2.44. The summed E-state index contributed by atoms with van der Waals surface area (Å²) in [7, 11) is 0. The highest BCUT2D eigenvalue weighted by molar-refractivity contribution is 5.38. The van der Waals surface area contributed by atoms with Gasteiger partial charge < -0.3 is 10.8 Å². The Labute approximate surface area is 89.5 Å². The van der Waals surface area contributed by atoms with Gasteiger partial charge in [-0.25, -0.2) is 0 Å². The molecular formula is C12H16N2O. The minimum absolute atomic E-state index is 0.106. The van der Waals surface area contributed by atoms with Crippen molar-refractivity contribution in [3.8, 4) is 5.75 Å². The molecule has 3 nitrogen and oxygen atoms in total. The van der Waals surface area contributed by atoms with Gasteiger partial charge in [0, 0.05) is 25.2 Å². The topological polar surface area (TPSA) is 49.5 Å². The van der Waals surface area contributed by atoms with Crippen molar-refractivity contribution in [2.45, 2.75) is 31.5 Å². The highest BCUT2D eigenvalue weighted by Crippen LogP contribution is 2.35. The Kier molecular flexibility index (Phi) is 1.97. The highest BCUT2D eigenvalue weighted by atomic mass is 16.3. The molecule has 0 spiro atoms. The van der Waals surface area contributed by atoms with Gasteiger partial charge in [-0.1, -0.05) is 6.07 Å². The van der Waals surface area contributed by atoms with E-state index in [0.29, 0.717) is 5.75 Å². The maximum Gasteiger partial charge on any atom is 0.115 e. The molecule has 1 fully saturated rings. The molecule has 1 aromatic rings. The fraction of sp³-hybridized carbons (Fsp3) is 0.500. The summed E-state index contributed by atoms with van der Waals surface area (Å²) in [6, 6.07) is 6.39. The summed E-state index contributed by atoms with van der Waals surface area (Å²) in [4.78, 5) is 2.44. The third-order valence-corrected chi connectivity index (χ3v) is 3.39. The summed E-state index contributed by atoms with van der Waals surface area (Å²) in [6.07, 6.45) is 2.61. The van der Waals surface area contributed by atoms with Crippen molar-refractivity contribution in [1.29, 1.82) is 0 Å². The number of hydrogen-bond donors (Lipinski definition) is 2. The molecule has 3 heteroatoms. The molecule has 0 saturated heterocycles. The number of nitrogens with zero attached hydrogens (tertiary/aromatic N) is 1. The van der Waals surface area contributed by atoms with Crippen LogP contribution in [0.3, 0.4) is 0 Å². The lowest BCUT2D eigenvalue weighted by Crippen LogP contribution is -2.38. The molecule has 3 N–H and O–H groups in total. The van der Waals surface area contributed by atoms with Gasteiger partial charge in [0.15, 0.2) is 0 Å². The average molecular weight is 204 g/mol. The van der Waals surface area contributed by atoms with Crippen LogP contribution in [-0.2, 0) is 6.54 Å². The smallest absolute Gasteiger partial charge is 0.115 e. The van der Waals surface area contributed by atoms with E-state index in [1.165, 1.54) is 24.0 Å². The number of aromatic hydroxyl groups is 1. The number of hydrogen-bond acceptors (Lipinski definition) is 3. The minimum atomic E-state index is 0.106. The Hall–Kier alpha value is -1.06. The summed E-state index contributed by atoms with van der Waals surface area (Å²) in [5.74, 6) is 0.346. The standard InChI is InChI=1S/C12H16N2O/c13-12-7-14(9-1-2-9)6-8-5-10(15)3-4-11(8)12/h3-5,9,12,15H,1-2,6-7,13H2. The molecule has 1 heterocycles. The lowest BCUT2D eigenvalue weighted by atomic mass is 9.95. The molecule has 1 aromatic carbocycles. The number of fused-ring (bicyclic) bond motifs is 1. The van der Waals surface area contributed by atoms with Crippen LogP contribution in [0.4, 0.5) is 0 Å². The minimum Gasteiger partial charge on any atom is -0.508 e. The predicted octanol–water partition coefficient (Wildman–Crippen LogP) is 1.37. The van der Waals surface area contributed by atoms with E-state index in [1.807, 2.05) is 12.1 Å². The molecule has 0 radical (unpaired) electrons. The SMILES string of the molecule is NC1CN(C2CC2)Cc2cc(O)ccc21. The van der Waals surface area contributed by atoms with E-state index in [0.717, 1.165) is 19.1 Å². The van der Waals surface area contributed by atoms with Crippen molar-refractivity contribution in [3.63, 3.8) is 0 Å². The lowest BCUT2D eigenvalue weighted by Gasteiger charge is -2.32. The molecular weight excluding hydrogens is 188 g/mol. The number of rotatable bonds is 1. The monoisotopic (exact) mass is 204 g/mol. The normalized spacial score (nSPS) is 26.3. The summed E-state index contributed by atoms with van der Waals surface area (Å²) in [6.45, 7) is 1.91. The van der Waals surface area contributed by atoms with Crippen LogP contribution >= 0.6 is 0 Å². The van der Waals surface area contributed by atoms with Crippen LogP contribution in [-0.4, -0.2) is 22.6 Å². The third kappa shape index (κ3) is 1.62. The van der Waals surface area contributed by atoms with Crippen LogP contribution in [0.2, 0.25) is 0 Å². The van der Waals surface area contributed by atoms with Crippen molar-refractivity contribution < 1.29 is 5.11 Å². The van der Waals surface area contributed by atoms with E-state index in [-0.39, 0.29) is 6.04 Å². The molecule has 80 valence electrons. The van der Waals surface area contributed by atoms with E-state index in [1.54, 1.807) is 6.07 Å². The van der Waals surface area contributed by atoms with Crippen LogP contribution in [0.5, 0.6) is 5.75 Å². The predicted molar refractivity (Wildman–Crippen MR) is 58.5 cm³/mol. The van der Waals surface area contributed by atoms with Crippen LogP contribution in [0, 0.1) is 0 Å². The van der Waals surface area contributed by atoms with Gasteiger partial charge in [-0.2, -0.15) is 0 Å². The first kappa shape index (κ1) is 9.19. The molecule has 2 aliphatic rings. The van der Waals surface area contributed by atoms with Crippen LogP contribution in [0.25, 0.3) is 0 Å².